The first-order chi connectivity index (χ1) is 15.3. The number of anilines is 1. The minimum Gasteiger partial charge on any atom is -0.366 e. The molecule has 0 unspecified atom stereocenters. The molecule has 0 aliphatic carbocycles. The van der Waals surface area contributed by atoms with Gasteiger partial charge in [-0.15, -0.1) is 0 Å². The molecule has 0 bridgehead atoms. The van der Waals surface area contributed by atoms with Crippen LogP contribution >= 0.6 is 0 Å². The van der Waals surface area contributed by atoms with Gasteiger partial charge in [0.1, 0.15) is 23.1 Å². The van der Waals surface area contributed by atoms with E-state index in [2.05, 4.69) is 0 Å². The Hall–Kier alpha value is -3.22. The lowest BCUT2D eigenvalue weighted by Gasteiger charge is -2.36. The van der Waals surface area contributed by atoms with Crippen LogP contribution in [0.5, 0.6) is 0 Å². The summed E-state index contributed by atoms with van der Waals surface area (Å²) in [4.78, 5) is 17.2. The Bertz CT molecular complexity index is 1160. The average molecular weight is 441 g/mol. The Morgan fingerprint density at radius 3 is 2.22 bits per heavy atom. The van der Waals surface area contributed by atoms with Crippen molar-refractivity contribution >= 4 is 11.6 Å². The highest BCUT2D eigenvalue weighted by Gasteiger charge is 2.28. The van der Waals surface area contributed by atoms with E-state index >= 15 is 0 Å². The predicted molar refractivity (Wildman–Crippen MR) is 119 cm³/mol. The molecule has 0 atom stereocenters. The molecule has 3 aromatic rings. The van der Waals surface area contributed by atoms with E-state index < -0.39 is 11.6 Å². The van der Waals surface area contributed by atoms with Crippen molar-refractivity contribution < 1.29 is 18.0 Å². The molecule has 0 radical (unpaired) electrons. The first-order valence-corrected chi connectivity index (χ1v) is 10.7. The highest BCUT2D eigenvalue weighted by atomic mass is 19.1. The fraction of sp³-hybridized carbons (Fsp3) is 0.320. The van der Waals surface area contributed by atoms with Crippen molar-refractivity contribution in [3.63, 3.8) is 0 Å². The molecule has 32 heavy (non-hydrogen) atoms. The number of carbonyl (C=O) groups is 1. The fourth-order valence-electron chi connectivity index (χ4n) is 4.32. The SMILES string of the molecule is Cc1c(C)c(C(=O)N2CCN(c3ccccc3F)CC2)n(Cc2ccc(F)cc2F)c1C. The van der Waals surface area contributed by atoms with Crippen LogP contribution in [-0.4, -0.2) is 41.6 Å². The van der Waals surface area contributed by atoms with E-state index in [1.807, 2.05) is 30.2 Å². The normalized spacial score (nSPS) is 14.2. The van der Waals surface area contributed by atoms with Crippen LogP contribution in [0.1, 0.15) is 32.9 Å². The smallest absolute Gasteiger partial charge is 0.270 e. The van der Waals surface area contributed by atoms with E-state index in [4.69, 9.17) is 0 Å². The molecule has 168 valence electrons. The molecule has 4 nitrogen and oxygen atoms in total. The summed E-state index contributed by atoms with van der Waals surface area (Å²) >= 11 is 0. The summed E-state index contributed by atoms with van der Waals surface area (Å²) in [7, 11) is 0. The zero-order valence-electron chi connectivity index (χ0n) is 18.5. The van der Waals surface area contributed by atoms with Crippen molar-refractivity contribution in [1.82, 2.24) is 9.47 Å². The van der Waals surface area contributed by atoms with Crippen LogP contribution in [0.15, 0.2) is 42.5 Å². The average Bonchev–Trinajstić information content (AvgIpc) is 2.99. The highest BCUT2D eigenvalue weighted by molar-refractivity contribution is 5.95. The molecule has 1 aliphatic heterocycles. The van der Waals surface area contributed by atoms with Gasteiger partial charge < -0.3 is 14.4 Å². The van der Waals surface area contributed by atoms with Gasteiger partial charge in [-0.25, -0.2) is 13.2 Å². The fourth-order valence-corrected chi connectivity index (χ4v) is 4.32. The van der Waals surface area contributed by atoms with Gasteiger partial charge in [0.2, 0.25) is 0 Å². The topological polar surface area (TPSA) is 28.5 Å². The van der Waals surface area contributed by atoms with E-state index in [1.54, 1.807) is 23.1 Å². The number of aromatic nitrogens is 1. The van der Waals surface area contributed by atoms with Gasteiger partial charge >= 0.3 is 0 Å². The quantitative estimate of drug-likeness (QED) is 0.580. The predicted octanol–water partition coefficient (Wildman–Crippen LogP) is 4.84. The Morgan fingerprint density at radius 1 is 0.875 bits per heavy atom. The summed E-state index contributed by atoms with van der Waals surface area (Å²) in [6.07, 6.45) is 0. The number of para-hydroxylation sites is 1. The van der Waals surface area contributed by atoms with Gasteiger partial charge in [-0.3, -0.25) is 4.79 Å². The van der Waals surface area contributed by atoms with Gasteiger partial charge in [0.25, 0.3) is 5.91 Å². The van der Waals surface area contributed by atoms with Gasteiger partial charge in [0.15, 0.2) is 0 Å². The van der Waals surface area contributed by atoms with Crippen LogP contribution in [0.2, 0.25) is 0 Å². The minimum atomic E-state index is -0.634. The number of piperazine rings is 1. The van der Waals surface area contributed by atoms with Crippen LogP contribution in [0, 0.1) is 38.2 Å². The van der Waals surface area contributed by atoms with E-state index in [0.717, 1.165) is 22.9 Å². The van der Waals surface area contributed by atoms with Gasteiger partial charge in [-0.1, -0.05) is 18.2 Å². The second kappa shape index (κ2) is 8.73. The number of halogens is 3. The highest BCUT2D eigenvalue weighted by Crippen LogP contribution is 2.26. The van der Waals surface area contributed by atoms with Gasteiger partial charge in [-0.2, -0.15) is 0 Å². The van der Waals surface area contributed by atoms with Crippen molar-refractivity contribution in [3.05, 3.63) is 88.0 Å². The van der Waals surface area contributed by atoms with Crippen molar-refractivity contribution in [3.8, 4) is 0 Å². The molecule has 0 N–H and O–H groups in total. The second-order valence-electron chi connectivity index (χ2n) is 8.24. The van der Waals surface area contributed by atoms with Gasteiger partial charge in [0.05, 0.1) is 12.2 Å². The molecular weight excluding hydrogens is 415 g/mol. The molecule has 1 aromatic heterocycles. The van der Waals surface area contributed by atoms with E-state index in [-0.39, 0.29) is 18.3 Å². The molecule has 1 saturated heterocycles. The summed E-state index contributed by atoms with van der Waals surface area (Å²) in [5.41, 5.74) is 4.08. The van der Waals surface area contributed by atoms with E-state index in [1.165, 1.54) is 18.2 Å². The van der Waals surface area contributed by atoms with E-state index in [9.17, 15) is 18.0 Å². The molecule has 0 spiro atoms. The maximum absolute atomic E-state index is 14.3. The number of amides is 1. The number of nitrogens with zero attached hydrogens (tertiary/aromatic N) is 3. The van der Waals surface area contributed by atoms with Crippen LogP contribution in [0.25, 0.3) is 0 Å². The van der Waals surface area contributed by atoms with Gasteiger partial charge in [-0.05, 0) is 50.1 Å². The molecule has 4 rings (SSSR count). The lowest BCUT2D eigenvalue weighted by molar-refractivity contribution is 0.0735. The molecule has 2 heterocycles. The number of carbonyl (C=O) groups excluding carboxylic acids is 1. The lowest BCUT2D eigenvalue weighted by atomic mass is 10.1. The summed E-state index contributed by atoms with van der Waals surface area (Å²) in [5, 5.41) is 0. The van der Waals surface area contributed by atoms with E-state index in [0.29, 0.717) is 43.1 Å². The summed E-state index contributed by atoms with van der Waals surface area (Å²) in [5.74, 6) is -1.67. The van der Waals surface area contributed by atoms with Crippen LogP contribution < -0.4 is 4.90 Å². The number of hydrogen-bond acceptors (Lipinski definition) is 2. The molecule has 2 aromatic carbocycles. The maximum atomic E-state index is 14.3. The Morgan fingerprint density at radius 2 is 1.56 bits per heavy atom. The molecular formula is C25H26F3N3O. The monoisotopic (exact) mass is 441 g/mol. The maximum Gasteiger partial charge on any atom is 0.270 e. The second-order valence-corrected chi connectivity index (χ2v) is 8.24. The van der Waals surface area contributed by atoms with Crippen LogP contribution in [-0.2, 0) is 6.54 Å². The Kier molecular flexibility index (Phi) is 6.00. The number of rotatable bonds is 4. The first-order valence-electron chi connectivity index (χ1n) is 10.7. The van der Waals surface area contributed by atoms with Gasteiger partial charge in [0, 0.05) is 43.5 Å². The third-order valence-corrected chi connectivity index (χ3v) is 6.44. The summed E-state index contributed by atoms with van der Waals surface area (Å²) in [6, 6.07) is 10.1. The third-order valence-electron chi connectivity index (χ3n) is 6.44. The van der Waals surface area contributed by atoms with Crippen LogP contribution in [0.3, 0.4) is 0 Å². The standard InChI is InChI=1S/C25H26F3N3O/c1-16-17(2)24(31(18(16)3)15-19-8-9-20(26)14-22(19)28)25(32)30-12-10-29(11-13-30)23-7-5-4-6-21(23)27/h4-9,14H,10-13,15H2,1-3H3. The summed E-state index contributed by atoms with van der Waals surface area (Å²) < 4.78 is 43.6. The number of hydrogen-bond donors (Lipinski definition) is 0. The largest absolute Gasteiger partial charge is 0.366 e. The zero-order chi connectivity index (χ0) is 23.0. The first kappa shape index (κ1) is 22.0. The lowest BCUT2D eigenvalue weighted by Crippen LogP contribution is -2.49. The molecule has 1 aliphatic rings. The van der Waals surface area contributed by atoms with Crippen molar-refractivity contribution in [1.29, 1.82) is 0 Å². The molecule has 1 fully saturated rings. The molecule has 7 heteroatoms. The zero-order valence-corrected chi connectivity index (χ0v) is 18.5. The van der Waals surface area contributed by atoms with Crippen LogP contribution in [0.4, 0.5) is 18.9 Å². The number of benzene rings is 2. The Labute approximate surface area is 185 Å². The Balaban J connectivity index is 1.58. The molecule has 1 amide bonds. The minimum absolute atomic E-state index is 0.130. The molecule has 0 saturated carbocycles. The summed E-state index contributed by atoms with van der Waals surface area (Å²) in [6.45, 7) is 7.84. The van der Waals surface area contributed by atoms with Crippen molar-refractivity contribution in [2.75, 3.05) is 31.1 Å². The third kappa shape index (κ3) is 3.99. The van der Waals surface area contributed by atoms with Crippen molar-refractivity contribution in [2.45, 2.75) is 27.3 Å². The van der Waals surface area contributed by atoms with Crippen molar-refractivity contribution in [2.24, 2.45) is 0 Å².